The van der Waals surface area contributed by atoms with Gasteiger partial charge in [0, 0.05) is 11.4 Å². The van der Waals surface area contributed by atoms with Crippen LogP contribution in [-0.2, 0) is 16.0 Å². The molecule has 0 saturated carbocycles. The Morgan fingerprint density at radius 3 is 2.50 bits per heavy atom. The van der Waals surface area contributed by atoms with Gasteiger partial charge < -0.3 is 19.9 Å². The van der Waals surface area contributed by atoms with Gasteiger partial charge in [0.1, 0.15) is 17.4 Å². The summed E-state index contributed by atoms with van der Waals surface area (Å²) in [7, 11) is 1.50. The average molecular weight is 330 g/mol. The maximum absolute atomic E-state index is 11.7. The van der Waals surface area contributed by atoms with Crippen LogP contribution in [-0.4, -0.2) is 35.9 Å². The van der Waals surface area contributed by atoms with Crippen molar-refractivity contribution in [2.45, 2.75) is 38.8 Å². The maximum atomic E-state index is 11.7. The fraction of sp³-hybridized carbons (Fsp3) is 0.467. The van der Waals surface area contributed by atoms with Crippen molar-refractivity contribution in [2.75, 3.05) is 7.11 Å². The number of hydrogen-bond acceptors (Lipinski definition) is 4. The molecule has 6 nitrogen and oxygen atoms in total. The van der Waals surface area contributed by atoms with Gasteiger partial charge in [-0.2, -0.15) is 0 Å². The molecule has 22 heavy (non-hydrogen) atoms. The first-order valence-electron chi connectivity index (χ1n) is 6.67. The minimum atomic E-state index is -1.18. The first-order chi connectivity index (χ1) is 10.1. The van der Waals surface area contributed by atoms with Gasteiger partial charge in [0.05, 0.1) is 7.11 Å². The molecular formula is C15H20ClNO5. The molecule has 1 unspecified atom stereocenters. The minimum absolute atomic E-state index is 0.0185. The van der Waals surface area contributed by atoms with Crippen LogP contribution in [0.2, 0.25) is 5.02 Å². The molecule has 1 aromatic rings. The number of rotatable bonds is 5. The van der Waals surface area contributed by atoms with Crippen LogP contribution >= 0.6 is 11.6 Å². The number of ether oxygens (including phenoxy) is 2. The van der Waals surface area contributed by atoms with Crippen LogP contribution in [0, 0.1) is 0 Å². The van der Waals surface area contributed by atoms with Gasteiger partial charge in [0.15, 0.2) is 0 Å². The Bertz CT molecular complexity index is 553. The van der Waals surface area contributed by atoms with Crippen molar-refractivity contribution in [1.29, 1.82) is 0 Å². The Labute approximate surface area is 134 Å². The van der Waals surface area contributed by atoms with Crippen LogP contribution in [0.5, 0.6) is 5.75 Å². The second-order valence-electron chi connectivity index (χ2n) is 5.70. The summed E-state index contributed by atoms with van der Waals surface area (Å²) in [5.41, 5.74) is -0.148. The molecule has 7 heteroatoms. The van der Waals surface area contributed by atoms with E-state index in [1.54, 1.807) is 39.0 Å². The van der Waals surface area contributed by atoms with Crippen molar-refractivity contribution in [1.82, 2.24) is 5.32 Å². The topological polar surface area (TPSA) is 84.9 Å². The Morgan fingerprint density at radius 2 is 2.00 bits per heavy atom. The van der Waals surface area contributed by atoms with E-state index in [9.17, 15) is 14.7 Å². The molecule has 1 amide bonds. The second-order valence-corrected chi connectivity index (χ2v) is 6.11. The molecule has 0 aliphatic carbocycles. The van der Waals surface area contributed by atoms with E-state index in [1.165, 1.54) is 7.11 Å². The quantitative estimate of drug-likeness (QED) is 0.867. The van der Waals surface area contributed by atoms with Gasteiger partial charge >= 0.3 is 12.1 Å². The van der Waals surface area contributed by atoms with Crippen LogP contribution in [0.25, 0.3) is 0 Å². The second kappa shape index (κ2) is 7.35. The molecule has 0 aromatic heterocycles. The molecule has 122 valence electrons. The third-order valence-corrected chi connectivity index (χ3v) is 3.03. The largest absolute Gasteiger partial charge is 0.497 e. The smallest absolute Gasteiger partial charge is 0.408 e. The molecule has 1 aromatic carbocycles. The zero-order chi connectivity index (χ0) is 16.9. The highest BCUT2D eigenvalue weighted by atomic mass is 35.5. The normalized spacial score (nSPS) is 12.4. The highest BCUT2D eigenvalue weighted by molar-refractivity contribution is 6.31. The van der Waals surface area contributed by atoms with Crippen LogP contribution in [0.1, 0.15) is 26.3 Å². The number of carbonyl (C=O) groups excluding carboxylic acids is 1. The maximum Gasteiger partial charge on any atom is 0.408 e. The molecule has 0 aliphatic rings. The lowest BCUT2D eigenvalue weighted by molar-refractivity contribution is -0.139. The third-order valence-electron chi connectivity index (χ3n) is 2.67. The van der Waals surface area contributed by atoms with Gasteiger partial charge in [0.2, 0.25) is 0 Å². The predicted octanol–water partition coefficient (Wildman–Crippen LogP) is 2.87. The summed E-state index contributed by atoms with van der Waals surface area (Å²) >= 11 is 6.05. The van der Waals surface area contributed by atoms with Gasteiger partial charge in [-0.05, 0) is 44.5 Å². The van der Waals surface area contributed by atoms with Crippen LogP contribution < -0.4 is 10.1 Å². The lowest BCUT2D eigenvalue weighted by atomic mass is 10.1. The molecule has 2 N–H and O–H groups in total. The first-order valence-corrected chi connectivity index (χ1v) is 7.05. The number of nitrogens with one attached hydrogen (secondary N) is 1. The average Bonchev–Trinajstić information content (AvgIpc) is 2.38. The Balaban J connectivity index is 2.85. The highest BCUT2D eigenvalue weighted by Gasteiger charge is 2.25. The van der Waals surface area contributed by atoms with E-state index < -0.39 is 23.7 Å². The zero-order valence-electron chi connectivity index (χ0n) is 13.0. The van der Waals surface area contributed by atoms with Crippen molar-refractivity contribution in [3.8, 4) is 5.75 Å². The van der Waals surface area contributed by atoms with E-state index in [0.29, 0.717) is 16.3 Å². The van der Waals surface area contributed by atoms with Gasteiger partial charge in [-0.1, -0.05) is 11.6 Å². The van der Waals surface area contributed by atoms with Crippen molar-refractivity contribution < 1.29 is 24.2 Å². The standard InChI is InChI=1S/C15H20ClNO5/c1-15(2,3)22-14(20)17-12(13(18)19)8-9-7-10(21-4)5-6-11(9)16/h5-7,12H,8H2,1-4H3,(H,17,20)(H,18,19). The summed E-state index contributed by atoms with van der Waals surface area (Å²) in [5.74, 6) is -0.620. The Morgan fingerprint density at radius 1 is 1.36 bits per heavy atom. The fourth-order valence-corrected chi connectivity index (χ4v) is 1.90. The molecule has 1 rings (SSSR count). The number of aliphatic carboxylic acids is 1. The van der Waals surface area contributed by atoms with E-state index in [-0.39, 0.29) is 6.42 Å². The molecule has 0 saturated heterocycles. The van der Waals surface area contributed by atoms with Gasteiger partial charge in [-0.15, -0.1) is 0 Å². The van der Waals surface area contributed by atoms with Crippen molar-refractivity contribution in [3.63, 3.8) is 0 Å². The van der Waals surface area contributed by atoms with Crippen LogP contribution in [0.4, 0.5) is 4.79 Å². The summed E-state index contributed by atoms with van der Waals surface area (Å²) in [6.45, 7) is 5.09. The highest BCUT2D eigenvalue weighted by Crippen LogP contribution is 2.23. The Hall–Kier alpha value is -1.95. The number of hydrogen-bond donors (Lipinski definition) is 2. The zero-order valence-corrected chi connectivity index (χ0v) is 13.7. The van der Waals surface area contributed by atoms with Gasteiger partial charge in [0.25, 0.3) is 0 Å². The fourth-order valence-electron chi connectivity index (χ4n) is 1.70. The summed E-state index contributed by atoms with van der Waals surface area (Å²) < 4.78 is 10.1. The molecule has 0 aliphatic heterocycles. The van der Waals surface area contributed by atoms with E-state index in [2.05, 4.69) is 5.32 Å². The predicted molar refractivity (Wildman–Crippen MR) is 82.5 cm³/mol. The molecule has 0 radical (unpaired) electrons. The lowest BCUT2D eigenvalue weighted by Crippen LogP contribution is -2.44. The number of carbonyl (C=O) groups is 2. The number of alkyl carbamates (subject to hydrolysis) is 1. The number of halogens is 1. The summed E-state index contributed by atoms with van der Waals surface area (Å²) in [6.07, 6.45) is -0.774. The molecule has 0 spiro atoms. The van der Waals surface area contributed by atoms with Crippen molar-refractivity contribution in [2.24, 2.45) is 0 Å². The molecular weight excluding hydrogens is 310 g/mol. The number of benzene rings is 1. The van der Waals surface area contributed by atoms with Crippen LogP contribution in [0.15, 0.2) is 18.2 Å². The third kappa shape index (κ3) is 5.81. The van der Waals surface area contributed by atoms with Gasteiger partial charge in [-0.3, -0.25) is 0 Å². The van der Waals surface area contributed by atoms with Gasteiger partial charge in [-0.25, -0.2) is 9.59 Å². The number of methoxy groups -OCH3 is 1. The van der Waals surface area contributed by atoms with E-state index in [0.717, 1.165) is 0 Å². The Kier molecular flexibility index (Phi) is 6.05. The van der Waals surface area contributed by atoms with E-state index in [4.69, 9.17) is 21.1 Å². The molecule has 0 bridgehead atoms. The van der Waals surface area contributed by atoms with Crippen LogP contribution in [0.3, 0.4) is 0 Å². The molecule has 0 heterocycles. The summed E-state index contributed by atoms with van der Waals surface area (Å²) in [4.78, 5) is 23.0. The molecule has 1 atom stereocenters. The van der Waals surface area contributed by atoms with E-state index >= 15 is 0 Å². The monoisotopic (exact) mass is 329 g/mol. The SMILES string of the molecule is COc1ccc(Cl)c(CC(NC(=O)OC(C)(C)C)C(=O)O)c1. The van der Waals surface area contributed by atoms with E-state index in [1.807, 2.05) is 0 Å². The number of amides is 1. The first kappa shape index (κ1) is 18.1. The van der Waals surface area contributed by atoms with Crippen molar-refractivity contribution >= 4 is 23.7 Å². The lowest BCUT2D eigenvalue weighted by Gasteiger charge is -2.22. The number of carboxylic acids is 1. The van der Waals surface area contributed by atoms with Crippen molar-refractivity contribution in [3.05, 3.63) is 28.8 Å². The number of carboxylic acid groups (broad SMARTS) is 1. The summed E-state index contributed by atoms with van der Waals surface area (Å²) in [5, 5.41) is 12.0. The minimum Gasteiger partial charge on any atom is -0.497 e. The molecule has 0 fully saturated rings. The summed E-state index contributed by atoms with van der Waals surface area (Å²) in [6, 6.07) is 3.76.